The summed E-state index contributed by atoms with van der Waals surface area (Å²) in [6.45, 7) is 8.68. The number of amides is 1. The van der Waals surface area contributed by atoms with Crippen LogP contribution in [-0.4, -0.2) is 34.1 Å². The summed E-state index contributed by atoms with van der Waals surface area (Å²) in [4.78, 5) is 21.6. The van der Waals surface area contributed by atoms with Gasteiger partial charge in [0.2, 0.25) is 5.95 Å². The van der Waals surface area contributed by atoms with Gasteiger partial charge in [-0.15, -0.1) is 6.58 Å². The predicted octanol–water partition coefficient (Wildman–Crippen LogP) is 3.89. The monoisotopic (exact) mass is 476 g/mol. The first kappa shape index (κ1) is 24.3. The smallest absolute Gasteiger partial charge is 0.256 e. The number of benzene rings is 2. The van der Waals surface area contributed by atoms with Gasteiger partial charge in [-0.1, -0.05) is 12.1 Å². The summed E-state index contributed by atoms with van der Waals surface area (Å²) < 4.78 is 14.3. The molecular formula is C26H29FN6O2. The standard InChI is InChI=1S/C26H29FN6O2/c1-4-10-29-24(34)20-15-30-25(32-18-6-5-17-14-28-11-9-16(17)12-18)33-23(20)31-19-7-8-22(27)21(13-19)26(2,3)35/h4-8,12-13,15,28,35H,1,9-11,14H2,2-3H3,(H,29,34)(H2,30,31,32,33). The predicted molar refractivity (Wildman–Crippen MR) is 135 cm³/mol. The first-order valence-electron chi connectivity index (χ1n) is 11.4. The van der Waals surface area contributed by atoms with Gasteiger partial charge in [0, 0.05) is 36.2 Å². The second-order valence-electron chi connectivity index (χ2n) is 8.87. The van der Waals surface area contributed by atoms with Crippen molar-refractivity contribution in [2.75, 3.05) is 23.7 Å². The van der Waals surface area contributed by atoms with Crippen LogP contribution in [0, 0.1) is 5.82 Å². The molecule has 2 aromatic carbocycles. The van der Waals surface area contributed by atoms with Crippen molar-refractivity contribution in [1.29, 1.82) is 0 Å². The minimum Gasteiger partial charge on any atom is -0.386 e. The van der Waals surface area contributed by atoms with Crippen LogP contribution in [0.5, 0.6) is 0 Å². The van der Waals surface area contributed by atoms with E-state index in [0.717, 1.165) is 25.2 Å². The molecule has 8 nitrogen and oxygen atoms in total. The molecule has 0 fully saturated rings. The van der Waals surface area contributed by atoms with E-state index >= 15 is 0 Å². The molecule has 35 heavy (non-hydrogen) atoms. The highest BCUT2D eigenvalue weighted by Crippen LogP contribution is 2.29. The fourth-order valence-electron chi connectivity index (χ4n) is 3.86. The van der Waals surface area contributed by atoms with Gasteiger partial charge in [-0.25, -0.2) is 9.37 Å². The van der Waals surface area contributed by atoms with Gasteiger partial charge in [0.05, 0.1) is 5.60 Å². The molecule has 3 aromatic rings. The topological polar surface area (TPSA) is 111 Å². The van der Waals surface area contributed by atoms with Crippen molar-refractivity contribution < 1.29 is 14.3 Å². The van der Waals surface area contributed by atoms with Crippen molar-refractivity contribution >= 4 is 29.0 Å². The molecular weight excluding hydrogens is 447 g/mol. The minimum absolute atomic E-state index is 0.121. The van der Waals surface area contributed by atoms with Crippen molar-refractivity contribution in [3.8, 4) is 0 Å². The van der Waals surface area contributed by atoms with E-state index in [1.165, 1.54) is 49.4 Å². The Morgan fingerprint density at radius 1 is 1.20 bits per heavy atom. The van der Waals surface area contributed by atoms with E-state index < -0.39 is 11.4 Å². The Morgan fingerprint density at radius 3 is 2.74 bits per heavy atom. The fourth-order valence-corrected chi connectivity index (χ4v) is 3.86. The third-order valence-electron chi connectivity index (χ3n) is 5.68. The number of rotatable bonds is 8. The first-order chi connectivity index (χ1) is 16.7. The van der Waals surface area contributed by atoms with Gasteiger partial charge in [-0.2, -0.15) is 4.98 Å². The maximum atomic E-state index is 14.3. The first-order valence-corrected chi connectivity index (χ1v) is 11.4. The van der Waals surface area contributed by atoms with Crippen LogP contribution in [0.15, 0.2) is 55.3 Å². The highest BCUT2D eigenvalue weighted by Gasteiger charge is 2.22. The average Bonchev–Trinajstić information content (AvgIpc) is 2.83. The molecule has 0 bridgehead atoms. The molecule has 0 radical (unpaired) electrons. The van der Waals surface area contributed by atoms with E-state index in [1.807, 2.05) is 6.07 Å². The van der Waals surface area contributed by atoms with E-state index in [0.29, 0.717) is 11.6 Å². The summed E-state index contributed by atoms with van der Waals surface area (Å²) in [6.07, 6.45) is 3.94. The molecule has 0 aliphatic carbocycles. The Labute approximate surface area is 203 Å². The number of aliphatic hydroxyl groups is 1. The molecule has 5 N–H and O–H groups in total. The zero-order valence-electron chi connectivity index (χ0n) is 19.8. The second-order valence-corrected chi connectivity index (χ2v) is 8.87. The van der Waals surface area contributed by atoms with Gasteiger partial charge >= 0.3 is 0 Å². The number of nitrogens with zero attached hydrogens (tertiary/aromatic N) is 2. The highest BCUT2D eigenvalue weighted by molar-refractivity contribution is 5.99. The normalized spacial score (nSPS) is 13.0. The molecule has 0 saturated heterocycles. The third kappa shape index (κ3) is 5.82. The zero-order chi connectivity index (χ0) is 25.0. The molecule has 1 aliphatic rings. The Bertz CT molecular complexity index is 1260. The number of aromatic nitrogens is 2. The Hall–Kier alpha value is -3.82. The summed E-state index contributed by atoms with van der Waals surface area (Å²) in [5.41, 5.74) is 2.78. The summed E-state index contributed by atoms with van der Waals surface area (Å²) in [5.74, 6) is -0.379. The molecule has 182 valence electrons. The molecule has 1 aliphatic heterocycles. The van der Waals surface area contributed by atoms with Crippen LogP contribution < -0.4 is 21.3 Å². The summed E-state index contributed by atoms with van der Waals surface area (Å²) >= 11 is 0. The fraction of sp³-hybridized carbons (Fsp3) is 0.269. The largest absolute Gasteiger partial charge is 0.386 e. The Balaban J connectivity index is 1.66. The van der Waals surface area contributed by atoms with Crippen LogP contribution in [0.2, 0.25) is 0 Å². The van der Waals surface area contributed by atoms with Gasteiger partial charge in [0.25, 0.3) is 5.91 Å². The number of carbonyl (C=O) groups excluding carboxylic acids is 1. The molecule has 2 heterocycles. The van der Waals surface area contributed by atoms with Crippen LogP contribution in [-0.2, 0) is 18.6 Å². The lowest BCUT2D eigenvalue weighted by Crippen LogP contribution is -2.25. The summed E-state index contributed by atoms with van der Waals surface area (Å²) in [7, 11) is 0. The maximum absolute atomic E-state index is 14.3. The molecule has 0 atom stereocenters. The van der Waals surface area contributed by atoms with E-state index in [1.54, 1.807) is 6.08 Å². The summed E-state index contributed by atoms with van der Waals surface area (Å²) in [6, 6.07) is 10.4. The lowest BCUT2D eigenvalue weighted by molar-refractivity contribution is 0.0746. The Kier molecular flexibility index (Phi) is 7.09. The van der Waals surface area contributed by atoms with Crippen molar-refractivity contribution in [2.45, 2.75) is 32.4 Å². The molecule has 4 rings (SSSR count). The zero-order valence-corrected chi connectivity index (χ0v) is 19.8. The lowest BCUT2D eigenvalue weighted by atomic mass is 9.97. The number of halogens is 1. The van der Waals surface area contributed by atoms with Gasteiger partial charge in [-0.05, 0) is 68.3 Å². The third-order valence-corrected chi connectivity index (χ3v) is 5.68. The summed E-state index contributed by atoms with van der Waals surface area (Å²) in [5, 5.41) is 22.7. The minimum atomic E-state index is -1.38. The highest BCUT2D eigenvalue weighted by atomic mass is 19.1. The van der Waals surface area contributed by atoms with Crippen molar-refractivity contribution in [3.05, 3.63) is 83.3 Å². The molecule has 0 unspecified atom stereocenters. The molecule has 1 amide bonds. The molecule has 0 saturated carbocycles. The van der Waals surface area contributed by atoms with Crippen LogP contribution in [0.1, 0.15) is 40.9 Å². The Morgan fingerprint density at radius 2 is 1.97 bits per heavy atom. The number of nitrogens with one attached hydrogen (secondary N) is 4. The molecule has 9 heteroatoms. The van der Waals surface area contributed by atoms with Crippen molar-refractivity contribution in [3.63, 3.8) is 0 Å². The van der Waals surface area contributed by atoms with E-state index in [2.05, 4.69) is 49.9 Å². The van der Waals surface area contributed by atoms with Crippen LogP contribution in [0.25, 0.3) is 0 Å². The van der Waals surface area contributed by atoms with Gasteiger partial charge < -0.3 is 26.4 Å². The van der Waals surface area contributed by atoms with Gasteiger partial charge in [-0.3, -0.25) is 4.79 Å². The lowest BCUT2D eigenvalue weighted by Gasteiger charge is -2.20. The van der Waals surface area contributed by atoms with Crippen LogP contribution in [0.3, 0.4) is 0 Å². The van der Waals surface area contributed by atoms with Crippen molar-refractivity contribution in [2.24, 2.45) is 0 Å². The van der Waals surface area contributed by atoms with Crippen molar-refractivity contribution in [1.82, 2.24) is 20.6 Å². The number of hydrogen-bond acceptors (Lipinski definition) is 7. The van der Waals surface area contributed by atoms with Crippen LogP contribution >= 0.6 is 0 Å². The number of hydrogen-bond donors (Lipinski definition) is 5. The average molecular weight is 477 g/mol. The van der Waals surface area contributed by atoms with E-state index in [9.17, 15) is 14.3 Å². The second kappa shape index (κ2) is 10.2. The SMILES string of the molecule is C=CCNC(=O)c1cnc(Nc2ccc3c(c2)CCNC3)nc1Nc1ccc(F)c(C(C)(C)O)c1. The number of carbonyl (C=O) groups is 1. The molecule has 0 spiro atoms. The van der Waals surface area contributed by atoms with Crippen LogP contribution in [0.4, 0.5) is 27.5 Å². The number of anilines is 4. The van der Waals surface area contributed by atoms with E-state index in [-0.39, 0.29) is 29.4 Å². The van der Waals surface area contributed by atoms with Gasteiger partial charge in [0.1, 0.15) is 17.2 Å². The molecule has 1 aromatic heterocycles. The maximum Gasteiger partial charge on any atom is 0.256 e. The van der Waals surface area contributed by atoms with Gasteiger partial charge in [0.15, 0.2) is 0 Å². The quantitative estimate of drug-likeness (QED) is 0.314. The van der Waals surface area contributed by atoms with E-state index in [4.69, 9.17) is 0 Å². The number of fused-ring (bicyclic) bond motifs is 1.